The van der Waals surface area contributed by atoms with Crippen LogP contribution in [0.4, 0.5) is 0 Å². The van der Waals surface area contributed by atoms with Crippen molar-refractivity contribution in [1.82, 2.24) is 4.57 Å². The molecule has 0 radical (unpaired) electrons. The molecule has 0 unspecified atom stereocenters. The lowest BCUT2D eigenvalue weighted by atomic mass is 10.1. The van der Waals surface area contributed by atoms with Crippen molar-refractivity contribution in [3.8, 4) is 0 Å². The van der Waals surface area contributed by atoms with Crippen LogP contribution in [0.5, 0.6) is 0 Å². The Hall–Kier alpha value is -1.83. The number of aryl methyl sites for hydroxylation is 2. The Bertz CT molecular complexity index is 502. The zero-order valence-corrected chi connectivity index (χ0v) is 9.88. The summed E-state index contributed by atoms with van der Waals surface area (Å²) in [5, 5.41) is 0. The van der Waals surface area contributed by atoms with Gasteiger partial charge in [-0.2, -0.15) is 0 Å². The number of nitrogens with zero attached hydrogens (tertiary/aromatic N) is 1. The van der Waals surface area contributed by atoms with Crippen molar-refractivity contribution in [3.05, 3.63) is 70.6 Å². The Morgan fingerprint density at radius 2 is 1.65 bits per heavy atom. The molecule has 0 aliphatic carbocycles. The van der Waals surface area contributed by atoms with Crippen LogP contribution in [0.15, 0.2) is 59.5 Å². The van der Waals surface area contributed by atoms with Crippen molar-refractivity contribution in [3.63, 3.8) is 0 Å². The molecular formula is C15H17NO. The average molecular weight is 227 g/mol. The van der Waals surface area contributed by atoms with Crippen molar-refractivity contribution < 1.29 is 0 Å². The third-order valence-electron chi connectivity index (χ3n) is 2.86. The molecule has 2 aromatic rings. The first-order valence-corrected chi connectivity index (χ1v) is 6.06. The minimum atomic E-state index is 0.0900. The Kier molecular flexibility index (Phi) is 4.14. The van der Waals surface area contributed by atoms with Crippen LogP contribution in [0.25, 0.3) is 0 Å². The van der Waals surface area contributed by atoms with E-state index < -0.39 is 0 Å². The molecule has 0 bridgehead atoms. The van der Waals surface area contributed by atoms with Crippen molar-refractivity contribution in [2.45, 2.75) is 25.8 Å². The number of hydrogen-bond acceptors (Lipinski definition) is 1. The van der Waals surface area contributed by atoms with Crippen molar-refractivity contribution in [2.24, 2.45) is 0 Å². The van der Waals surface area contributed by atoms with E-state index in [-0.39, 0.29) is 5.56 Å². The first-order chi connectivity index (χ1) is 8.36. The van der Waals surface area contributed by atoms with Gasteiger partial charge in [0.15, 0.2) is 0 Å². The normalized spacial score (nSPS) is 10.4. The number of unbranched alkanes of at least 4 members (excludes halogenated alkanes) is 1. The SMILES string of the molecule is O=c1ccccn1CCCCc1ccccc1. The molecule has 88 valence electrons. The first kappa shape index (κ1) is 11.6. The van der Waals surface area contributed by atoms with Gasteiger partial charge in [-0.05, 0) is 30.9 Å². The molecule has 0 amide bonds. The maximum atomic E-state index is 11.4. The van der Waals surface area contributed by atoms with Gasteiger partial charge in [-0.1, -0.05) is 36.4 Å². The Balaban J connectivity index is 1.78. The second kappa shape index (κ2) is 6.04. The standard InChI is InChI=1S/C15H17NO/c17-15-11-5-7-13-16(15)12-6-4-10-14-8-2-1-3-9-14/h1-3,5,7-9,11,13H,4,6,10,12H2. The summed E-state index contributed by atoms with van der Waals surface area (Å²) in [6.45, 7) is 0.812. The van der Waals surface area contributed by atoms with E-state index in [0.29, 0.717) is 0 Å². The Labute approximate surface area is 102 Å². The second-order valence-corrected chi connectivity index (χ2v) is 4.17. The van der Waals surface area contributed by atoms with Gasteiger partial charge >= 0.3 is 0 Å². The molecule has 0 fully saturated rings. The predicted octanol–water partition coefficient (Wildman–Crippen LogP) is 2.87. The summed E-state index contributed by atoms with van der Waals surface area (Å²) in [5.41, 5.74) is 1.46. The molecule has 0 saturated heterocycles. The van der Waals surface area contributed by atoms with Crippen molar-refractivity contribution in [1.29, 1.82) is 0 Å². The van der Waals surface area contributed by atoms with Gasteiger partial charge < -0.3 is 4.57 Å². The van der Waals surface area contributed by atoms with Crippen LogP contribution in [-0.4, -0.2) is 4.57 Å². The molecule has 0 N–H and O–H groups in total. The van der Waals surface area contributed by atoms with E-state index in [1.54, 1.807) is 16.7 Å². The molecule has 1 aromatic heterocycles. The highest BCUT2D eigenvalue weighted by molar-refractivity contribution is 5.14. The maximum Gasteiger partial charge on any atom is 0.250 e. The maximum absolute atomic E-state index is 11.4. The monoisotopic (exact) mass is 227 g/mol. The minimum absolute atomic E-state index is 0.0900. The van der Waals surface area contributed by atoms with Crippen LogP contribution < -0.4 is 5.56 Å². The molecule has 0 atom stereocenters. The highest BCUT2D eigenvalue weighted by Crippen LogP contribution is 2.04. The van der Waals surface area contributed by atoms with E-state index in [1.165, 1.54) is 5.56 Å². The number of benzene rings is 1. The van der Waals surface area contributed by atoms with Crippen LogP contribution in [0.3, 0.4) is 0 Å². The number of aromatic nitrogens is 1. The summed E-state index contributed by atoms with van der Waals surface area (Å²) in [4.78, 5) is 11.4. The van der Waals surface area contributed by atoms with E-state index in [2.05, 4.69) is 24.3 Å². The average Bonchev–Trinajstić information content (AvgIpc) is 2.38. The molecule has 0 spiro atoms. The van der Waals surface area contributed by atoms with Crippen molar-refractivity contribution >= 4 is 0 Å². The Morgan fingerprint density at radius 1 is 0.882 bits per heavy atom. The summed E-state index contributed by atoms with van der Waals surface area (Å²) in [6, 6.07) is 15.8. The van der Waals surface area contributed by atoms with Crippen LogP contribution in [-0.2, 0) is 13.0 Å². The highest BCUT2D eigenvalue weighted by Gasteiger charge is 1.95. The molecule has 2 heteroatoms. The summed E-state index contributed by atoms with van der Waals surface area (Å²) >= 11 is 0. The predicted molar refractivity (Wildman–Crippen MR) is 70.1 cm³/mol. The van der Waals surface area contributed by atoms with E-state index in [9.17, 15) is 4.79 Å². The second-order valence-electron chi connectivity index (χ2n) is 4.17. The molecule has 17 heavy (non-hydrogen) atoms. The summed E-state index contributed by atoms with van der Waals surface area (Å²) in [6.07, 6.45) is 5.09. The van der Waals surface area contributed by atoms with Crippen molar-refractivity contribution in [2.75, 3.05) is 0 Å². The van der Waals surface area contributed by atoms with Crippen LogP contribution in [0.2, 0.25) is 0 Å². The fourth-order valence-corrected chi connectivity index (χ4v) is 1.90. The molecular weight excluding hydrogens is 210 g/mol. The summed E-state index contributed by atoms with van der Waals surface area (Å²) in [7, 11) is 0. The number of hydrogen-bond donors (Lipinski definition) is 0. The third-order valence-corrected chi connectivity index (χ3v) is 2.86. The number of rotatable bonds is 5. The van der Waals surface area contributed by atoms with Gasteiger partial charge in [0.2, 0.25) is 5.56 Å². The summed E-state index contributed by atoms with van der Waals surface area (Å²) < 4.78 is 1.77. The Morgan fingerprint density at radius 3 is 2.41 bits per heavy atom. The lowest BCUT2D eigenvalue weighted by Gasteiger charge is -2.04. The fraction of sp³-hybridized carbons (Fsp3) is 0.267. The smallest absolute Gasteiger partial charge is 0.250 e. The van der Waals surface area contributed by atoms with Gasteiger partial charge in [-0.25, -0.2) is 0 Å². The lowest BCUT2D eigenvalue weighted by Crippen LogP contribution is -2.17. The van der Waals surface area contributed by atoms with E-state index in [0.717, 1.165) is 25.8 Å². The van der Waals surface area contributed by atoms with E-state index in [1.807, 2.05) is 18.3 Å². The van der Waals surface area contributed by atoms with E-state index in [4.69, 9.17) is 0 Å². The fourth-order valence-electron chi connectivity index (χ4n) is 1.90. The summed E-state index contributed by atoms with van der Waals surface area (Å²) in [5.74, 6) is 0. The zero-order valence-electron chi connectivity index (χ0n) is 9.88. The van der Waals surface area contributed by atoms with E-state index >= 15 is 0 Å². The van der Waals surface area contributed by atoms with Gasteiger partial charge in [0.1, 0.15) is 0 Å². The molecule has 0 aliphatic rings. The van der Waals surface area contributed by atoms with Crippen LogP contribution in [0.1, 0.15) is 18.4 Å². The van der Waals surface area contributed by atoms with Crippen LogP contribution >= 0.6 is 0 Å². The van der Waals surface area contributed by atoms with Gasteiger partial charge in [0.05, 0.1) is 0 Å². The van der Waals surface area contributed by atoms with Gasteiger partial charge in [-0.15, -0.1) is 0 Å². The van der Waals surface area contributed by atoms with Crippen LogP contribution in [0, 0.1) is 0 Å². The highest BCUT2D eigenvalue weighted by atomic mass is 16.1. The molecule has 2 rings (SSSR count). The zero-order chi connectivity index (χ0) is 11.9. The molecule has 1 heterocycles. The largest absolute Gasteiger partial charge is 0.316 e. The number of pyridine rings is 1. The third kappa shape index (κ3) is 3.59. The molecule has 2 nitrogen and oxygen atoms in total. The van der Waals surface area contributed by atoms with Gasteiger partial charge in [-0.3, -0.25) is 4.79 Å². The quantitative estimate of drug-likeness (QED) is 0.720. The van der Waals surface area contributed by atoms with Gasteiger partial charge in [0, 0.05) is 18.8 Å². The first-order valence-electron chi connectivity index (χ1n) is 6.06. The molecule has 0 aliphatic heterocycles. The molecule has 1 aromatic carbocycles. The lowest BCUT2D eigenvalue weighted by molar-refractivity contribution is 0.593. The van der Waals surface area contributed by atoms with Gasteiger partial charge in [0.25, 0.3) is 0 Å². The topological polar surface area (TPSA) is 22.0 Å². The minimum Gasteiger partial charge on any atom is -0.316 e. The molecule has 0 saturated carbocycles.